The number of benzene rings is 1. The van der Waals surface area contributed by atoms with Gasteiger partial charge in [0.2, 0.25) is 6.10 Å². The van der Waals surface area contributed by atoms with E-state index in [0.29, 0.717) is 22.2 Å². The van der Waals surface area contributed by atoms with Crippen molar-refractivity contribution in [3.63, 3.8) is 0 Å². The van der Waals surface area contributed by atoms with Crippen LogP contribution in [-0.2, 0) is 9.63 Å². The number of nitrogens with zero attached hydrogens (tertiary/aromatic N) is 2. The highest BCUT2D eigenvalue weighted by atomic mass is 35.5. The van der Waals surface area contributed by atoms with Gasteiger partial charge in [-0.3, -0.25) is 4.79 Å². The van der Waals surface area contributed by atoms with E-state index in [-0.39, 0.29) is 11.9 Å². The molecule has 1 N–H and O–H groups in total. The Morgan fingerprint density at radius 1 is 1.40 bits per heavy atom. The third-order valence-electron chi connectivity index (χ3n) is 3.89. The lowest BCUT2D eigenvalue weighted by molar-refractivity contribution is -0.131. The van der Waals surface area contributed by atoms with Crippen LogP contribution in [0.4, 0.5) is 0 Å². The second-order valence-corrected chi connectivity index (χ2v) is 7.95. The van der Waals surface area contributed by atoms with Gasteiger partial charge in [-0.15, -0.1) is 11.3 Å². The summed E-state index contributed by atoms with van der Waals surface area (Å²) in [5.74, 6) is -0.207. The molecule has 1 amide bonds. The minimum atomic E-state index is -0.668. The highest BCUT2D eigenvalue weighted by Crippen LogP contribution is 2.27. The maximum Gasteiger partial charge on any atom is 0.264 e. The fourth-order valence-electron chi connectivity index (χ4n) is 2.72. The molecular formula is C17H17Cl2N3O2S. The lowest BCUT2D eigenvalue weighted by Gasteiger charge is -2.15. The zero-order valence-electron chi connectivity index (χ0n) is 14.0. The summed E-state index contributed by atoms with van der Waals surface area (Å²) in [5.41, 5.74) is 2.30. The second kappa shape index (κ2) is 7.32. The maximum atomic E-state index is 12.5. The van der Waals surface area contributed by atoms with Crippen LogP contribution in [0.15, 0.2) is 23.4 Å². The maximum absolute atomic E-state index is 12.5. The van der Waals surface area contributed by atoms with E-state index in [1.54, 1.807) is 29.5 Å². The quantitative estimate of drug-likeness (QED) is 0.829. The van der Waals surface area contributed by atoms with Gasteiger partial charge in [-0.05, 0) is 32.9 Å². The number of amides is 1. The Kier molecular flexibility index (Phi) is 5.32. The van der Waals surface area contributed by atoms with E-state index in [1.807, 2.05) is 20.8 Å². The number of rotatable bonds is 4. The molecule has 0 saturated heterocycles. The molecule has 2 aromatic rings. The largest absolute Gasteiger partial charge is 0.382 e. The van der Waals surface area contributed by atoms with Crippen LogP contribution in [0.1, 0.15) is 40.5 Å². The van der Waals surface area contributed by atoms with Crippen LogP contribution < -0.4 is 5.32 Å². The predicted octanol–water partition coefficient (Wildman–Crippen LogP) is 4.44. The Balaban J connectivity index is 1.64. The smallest absolute Gasteiger partial charge is 0.264 e. The monoisotopic (exact) mass is 397 g/mol. The Morgan fingerprint density at radius 3 is 2.80 bits per heavy atom. The molecule has 1 aliphatic rings. The Labute approximate surface area is 160 Å². The van der Waals surface area contributed by atoms with E-state index in [1.165, 1.54) is 0 Å². The predicted molar refractivity (Wildman–Crippen MR) is 101 cm³/mol. The van der Waals surface area contributed by atoms with Gasteiger partial charge in [0, 0.05) is 21.9 Å². The van der Waals surface area contributed by atoms with Gasteiger partial charge in [0.1, 0.15) is 0 Å². The van der Waals surface area contributed by atoms with Crippen LogP contribution in [0, 0.1) is 13.8 Å². The van der Waals surface area contributed by atoms with Gasteiger partial charge >= 0.3 is 0 Å². The van der Waals surface area contributed by atoms with E-state index >= 15 is 0 Å². The second-order valence-electron chi connectivity index (χ2n) is 5.87. The zero-order chi connectivity index (χ0) is 18.1. The third-order valence-corrected chi connectivity index (χ3v) is 5.70. The van der Waals surface area contributed by atoms with Gasteiger partial charge in [0.15, 0.2) is 0 Å². The summed E-state index contributed by atoms with van der Waals surface area (Å²) in [6.07, 6.45) is -0.306. The molecule has 0 radical (unpaired) electrons. The van der Waals surface area contributed by atoms with Crippen molar-refractivity contribution >= 4 is 46.2 Å². The molecule has 5 nitrogen and oxygen atoms in total. The van der Waals surface area contributed by atoms with Crippen molar-refractivity contribution in [2.45, 2.75) is 39.3 Å². The van der Waals surface area contributed by atoms with Gasteiger partial charge < -0.3 is 10.2 Å². The third kappa shape index (κ3) is 3.97. The van der Waals surface area contributed by atoms with Crippen molar-refractivity contribution in [1.29, 1.82) is 0 Å². The van der Waals surface area contributed by atoms with Gasteiger partial charge in [-0.1, -0.05) is 34.4 Å². The molecule has 1 aliphatic heterocycles. The summed E-state index contributed by atoms with van der Waals surface area (Å²) in [7, 11) is 0. The van der Waals surface area contributed by atoms with Crippen molar-refractivity contribution in [2.75, 3.05) is 0 Å². The number of carbonyl (C=O) groups excluding carboxylic acids is 1. The molecule has 25 heavy (non-hydrogen) atoms. The first-order valence-electron chi connectivity index (χ1n) is 7.77. The summed E-state index contributed by atoms with van der Waals surface area (Å²) in [6.45, 7) is 5.83. The van der Waals surface area contributed by atoms with Gasteiger partial charge in [0.05, 0.1) is 27.5 Å². The van der Waals surface area contributed by atoms with Crippen LogP contribution >= 0.6 is 34.5 Å². The Morgan fingerprint density at radius 2 is 2.16 bits per heavy atom. The van der Waals surface area contributed by atoms with E-state index in [9.17, 15) is 4.79 Å². The van der Waals surface area contributed by atoms with E-state index in [2.05, 4.69) is 15.5 Å². The number of hydrogen-bond acceptors (Lipinski definition) is 5. The van der Waals surface area contributed by atoms with Crippen LogP contribution in [0.5, 0.6) is 0 Å². The SMILES string of the molecule is Cc1nc(C)c([C@@H](C)NC(=O)[C@@H]2CC(c3ccc(Cl)cc3Cl)=NO2)s1. The fourth-order valence-corrected chi connectivity index (χ4v) is 4.17. The van der Waals surface area contributed by atoms with Crippen LogP contribution in [-0.4, -0.2) is 22.7 Å². The topological polar surface area (TPSA) is 63.6 Å². The first kappa shape index (κ1) is 18.2. The molecule has 0 saturated carbocycles. The summed E-state index contributed by atoms with van der Waals surface area (Å²) >= 11 is 13.7. The van der Waals surface area contributed by atoms with Gasteiger partial charge in [-0.25, -0.2) is 4.98 Å². The summed E-state index contributed by atoms with van der Waals surface area (Å²) in [5, 5.41) is 9.00. The Hall–Kier alpha value is -1.63. The number of carbonyl (C=O) groups is 1. The molecule has 0 bridgehead atoms. The standard InChI is InChI=1S/C17H17Cl2N3O2S/c1-8-16(25-10(3)20-8)9(2)21-17(23)15-7-14(22-24-15)12-5-4-11(18)6-13(12)19/h4-6,9,15H,7H2,1-3H3,(H,21,23)/t9-,15+/m1/s1. The molecule has 132 valence electrons. The number of thiazole rings is 1. The van der Waals surface area contributed by atoms with E-state index in [0.717, 1.165) is 21.1 Å². The molecule has 2 atom stereocenters. The van der Waals surface area contributed by atoms with Crippen molar-refractivity contribution in [3.05, 3.63) is 49.4 Å². The number of aryl methyl sites for hydroxylation is 2. The van der Waals surface area contributed by atoms with Crippen molar-refractivity contribution in [3.8, 4) is 0 Å². The van der Waals surface area contributed by atoms with E-state index < -0.39 is 6.10 Å². The minimum Gasteiger partial charge on any atom is -0.382 e. The summed E-state index contributed by atoms with van der Waals surface area (Å²) in [6, 6.07) is 5.02. The van der Waals surface area contributed by atoms with Crippen LogP contribution in [0.3, 0.4) is 0 Å². The van der Waals surface area contributed by atoms with Crippen LogP contribution in [0.2, 0.25) is 10.0 Å². The highest BCUT2D eigenvalue weighted by molar-refractivity contribution is 7.11. The van der Waals surface area contributed by atoms with Crippen molar-refractivity contribution in [2.24, 2.45) is 5.16 Å². The molecule has 8 heteroatoms. The Bertz CT molecular complexity index is 850. The minimum absolute atomic E-state index is 0.134. The number of hydrogen-bond donors (Lipinski definition) is 1. The molecule has 2 heterocycles. The first-order chi connectivity index (χ1) is 11.8. The lowest BCUT2D eigenvalue weighted by atomic mass is 10.0. The first-order valence-corrected chi connectivity index (χ1v) is 9.35. The lowest BCUT2D eigenvalue weighted by Crippen LogP contribution is -2.36. The van der Waals surface area contributed by atoms with Crippen molar-refractivity contribution in [1.82, 2.24) is 10.3 Å². The zero-order valence-corrected chi connectivity index (χ0v) is 16.3. The normalized spacial score (nSPS) is 17.8. The van der Waals surface area contributed by atoms with Gasteiger partial charge in [0.25, 0.3) is 5.91 Å². The number of aromatic nitrogens is 1. The van der Waals surface area contributed by atoms with Gasteiger partial charge in [-0.2, -0.15) is 0 Å². The molecule has 0 aliphatic carbocycles. The molecular weight excluding hydrogens is 381 g/mol. The highest BCUT2D eigenvalue weighted by Gasteiger charge is 2.31. The van der Waals surface area contributed by atoms with E-state index in [4.69, 9.17) is 28.0 Å². The summed E-state index contributed by atoms with van der Waals surface area (Å²) in [4.78, 5) is 23.2. The molecule has 0 unspecified atom stereocenters. The molecule has 3 rings (SSSR count). The number of oxime groups is 1. The fraction of sp³-hybridized carbons (Fsp3) is 0.353. The average molecular weight is 398 g/mol. The van der Waals surface area contributed by atoms with Crippen molar-refractivity contribution < 1.29 is 9.63 Å². The number of halogens is 2. The van der Waals surface area contributed by atoms with Crippen LogP contribution in [0.25, 0.3) is 0 Å². The molecule has 0 spiro atoms. The molecule has 1 aromatic carbocycles. The molecule has 1 aromatic heterocycles. The summed E-state index contributed by atoms with van der Waals surface area (Å²) < 4.78 is 0. The average Bonchev–Trinajstić information content (AvgIpc) is 3.14. The number of nitrogens with one attached hydrogen (secondary N) is 1. The molecule has 0 fully saturated rings.